The second-order valence-corrected chi connectivity index (χ2v) is 7.94. The number of hydrogen-bond acceptors (Lipinski definition) is 3. The predicted molar refractivity (Wildman–Crippen MR) is 116 cm³/mol. The summed E-state index contributed by atoms with van der Waals surface area (Å²) < 4.78 is 16.5. The van der Waals surface area contributed by atoms with Gasteiger partial charge in [0.15, 0.2) is 0 Å². The Morgan fingerprint density at radius 3 is 2.60 bits per heavy atom. The van der Waals surface area contributed by atoms with Crippen LogP contribution in [0.15, 0.2) is 36.7 Å². The number of halogens is 1. The van der Waals surface area contributed by atoms with Crippen molar-refractivity contribution in [2.24, 2.45) is 0 Å². The first-order chi connectivity index (χ1) is 14.3. The van der Waals surface area contributed by atoms with E-state index in [-0.39, 0.29) is 17.5 Å². The molecule has 0 aliphatic heterocycles. The molecule has 1 amide bonds. The first-order valence-electron chi connectivity index (χ1n) is 10.3. The normalized spacial score (nSPS) is 13.4. The minimum Gasteiger partial charge on any atom is -0.349 e. The number of nitrogens with zero attached hydrogens (tertiary/aromatic N) is 3. The Labute approximate surface area is 176 Å². The molecule has 1 aromatic carbocycles. The molecular weight excluding hydrogens is 379 g/mol. The number of pyridine rings is 1. The van der Waals surface area contributed by atoms with Crippen molar-refractivity contribution in [3.05, 3.63) is 59.2 Å². The van der Waals surface area contributed by atoms with Crippen molar-refractivity contribution in [2.75, 3.05) is 0 Å². The number of fused-ring (bicyclic) bond motifs is 1. The van der Waals surface area contributed by atoms with Gasteiger partial charge in [0.1, 0.15) is 5.82 Å². The SMILES string of the molecule is CC.Cc1cc(-c2cnn3cc(C(C)(C)C#N)ccc23)cc(F)c1C(=O)NC1CC1. The fourth-order valence-electron chi connectivity index (χ4n) is 3.31. The number of benzene rings is 1. The smallest absolute Gasteiger partial charge is 0.254 e. The van der Waals surface area contributed by atoms with E-state index in [1.165, 1.54) is 6.07 Å². The van der Waals surface area contributed by atoms with Crippen molar-refractivity contribution in [3.63, 3.8) is 0 Å². The average molecular weight is 407 g/mol. The third kappa shape index (κ3) is 4.06. The van der Waals surface area contributed by atoms with E-state index in [0.717, 1.165) is 29.5 Å². The highest BCUT2D eigenvalue weighted by Crippen LogP contribution is 2.30. The number of hydrogen-bond donors (Lipinski definition) is 1. The van der Waals surface area contributed by atoms with E-state index in [4.69, 9.17) is 0 Å². The Hall–Kier alpha value is -3.20. The summed E-state index contributed by atoms with van der Waals surface area (Å²) in [5.41, 5.74) is 3.18. The van der Waals surface area contributed by atoms with Crippen LogP contribution in [0.1, 0.15) is 62.0 Å². The van der Waals surface area contributed by atoms with Gasteiger partial charge in [-0.15, -0.1) is 0 Å². The van der Waals surface area contributed by atoms with Crippen molar-refractivity contribution in [1.82, 2.24) is 14.9 Å². The molecule has 0 atom stereocenters. The van der Waals surface area contributed by atoms with Gasteiger partial charge in [-0.05, 0) is 62.4 Å². The predicted octanol–water partition coefficient (Wildman–Crippen LogP) is 5.17. The molecule has 4 rings (SSSR count). The van der Waals surface area contributed by atoms with Crippen LogP contribution in [0.3, 0.4) is 0 Å². The second-order valence-electron chi connectivity index (χ2n) is 7.94. The quantitative estimate of drug-likeness (QED) is 0.650. The lowest BCUT2D eigenvalue weighted by atomic mass is 9.87. The Kier molecular flexibility index (Phi) is 5.93. The van der Waals surface area contributed by atoms with Crippen molar-refractivity contribution in [3.8, 4) is 17.2 Å². The molecule has 1 saturated carbocycles. The summed E-state index contributed by atoms with van der Waals surface area (Å²) >= 11 is 0. The minimum atomic E-state index is -0.625. The Bertz CT molecular complexity index is 1110. The maximum absolute atomic E-state index is 14.8. The van der Waals surface area contributed by atoms with Crippen molar-refractivity contribution in [2.45, 2.75) is 58.9 Å². The van der Waals surface area contributed by atoms with E-state index in [1.54, 1.807) is 17.6 Å². The molecule has 0 spiro atoms. The molecule has 0 radical (unpaired) electrons. The minimum absolute atomic E-state index is 0.102. The van der Waals surface area contributed by atoms with E-state index in [1.807, 2.05) is 52.1 Å². The average Bonchev–Trinajstić information content (AvgIpc) is 3.43. The standard InChI is InChI=1S/C22H21FN4O.C2H6/c1-13-8-14(9-18(23)20(13)21(28)26-16-5-6-16)17-10-25-27-11-15(4-7-19(17)27)22(2,3)12-24;1-2/h4,7-11,16H,5-6H2,1-3H3,(H,26,28);1-2H3. The summed E-state index contributed by atoms with van der Waals surface area (Å²) in [6.45, 7) is 9.44. The molecule has 3 aromatic rings. The van der Waals surface area contributed by atoms with E-state index in [9.17, 15) is 14.4 Å². The van der Waals surface area contributed by atoms with Crippen LogP contribution in [-0.2, 0) is 5.41 Å². The van der Waals surface area contributed by atoms with E-state index >= 15 is 0 Å². The molecular formula is C24H27FN4O. The highest BCUT2D eigenvalue weighted by Gasteiger charge is 2.26. The van der Waals surface area contributed by atoms with Gasteiger partial charge in [-0.25, -0.2) is 8.91 Å². The van der Waals surface area contributed by atoms with Crippen molar-refractivity contribution >= 4 is 11.4 Å². The van der Waals surface area contributed by atoms with Gasteiger partial charge >= 0.3 is 0 Å². The summed E-state index contributed by atoms with van der Waals surface area (Å²) in [5.74, 6) is -0.887. The third-order valence-corrected chi connectivity index (χ3v) is 5.26. The van der Waals surface area contributed by atoms with E-state index < -0.39 is 11.2 Å². The monoisotopic (exact) mass is 406 g/mol. The molecule has 6 heteroatoms. The Morgan fingerprint density at radius 2 is 2.00 bits per heavy atom. The van der Waals surface area contributed by atoms with Crippen LogP contribution in [0.4, 0.5) is 4.39 Å². The first-order valence-corrected chi connectivity index (χ1v) is 10.3. The lowest BCUT2D eigenvalue weighted by molar-refractivity contribution is 0.0946. The summed E-state index contributed by atoms with van der Waals surface area (Å²) in [5, 5.41) is 16.6. The molecule has 2 aromatic heterocycles. The van der Waals surface area contributed by atoms with E-state index in [0.29, 0.717) is 11.1 Å². The van der Waals surface area contributed by atoms with Gasteiger partial charge in [-0.2, -0.15) is 10.4 Å². The zero-order valence-electron chi connectivity index (χ0n) is 18.1. The van der Waals surface area contributed by atoms with E-state index in [2.05, 4.69) is 16.5 Å². The van der Waals surface area contributed by atoms with Crippen LogP contribution in [0, 0.1) is 24.1 Å². The maximum atomic E-state index is 14.8. The molecule has 1 N–H and O–H groups in total. The fraction of sp³-hybridized carbons (Fsp3) is 0.375. The van der Waals surface area contributed by atoms with Gasteiger partial charge < -0.3 is 5.32 Å². The lowest BCUT2D eigenvalue weighted by Crippen LogP contribution is -2.27. The number of nitrogens with one attached hydrogen (secondary N) is 1. The highest BCUT2D eigenvalue weighted by molar-refractivity contribution is 5.97. The van der Waals surface area contributed by atoms with Gasteiger partial charge in [0.05, 0.1) is 28.8 Å². The second kappa shape index (κ2) is 8.27. The molecule has 1 aliphatic rings. The van der Waals surface area contributed by atoms with Gasteiger partial charge in [0.25, 0.3) is 5.91 Å². The maximum Gasteiger partial charge on any atom is 0.254 e. The van der Waals surface area contributed by atoms with Gasteiger partial charge in [0.2, 0.25) is 0 Å². The zero-order valence-corrected chi connectivity index (χ0v) is 18.1. The number of aromatic nitrogens is 2. The topological polar surface area (TPSA) is 70.2 Å². The van der Waals surface area contributed by atoms with Crippen LogP contribution >= 0.6 is 0 Å². The molecule has 30 heavy (non-hydrogen) atoms. The number of nitriles is 1. The zero-order chi connectivity index (χ0) is 22.1. The largest absolute Gasteiger partial charge is 0.349 e. The molecule has 0 bridgehead atoms. The molecule has 5 nitrogen and oxygen atoms in total. The number of aryl methyl sites for hydroxylation is 1. The van der Waals surface area contributed by atoms with Gasteiger partial charge in [0, 0.05) is 17.8 Å². The van der Waals surface area contributed by atoms with Gasteiger partial charge in [-0.3, -0.25) is 4.79 Å². The summed E-state index contributed by atoms with van der Waals surface area (Å²) in [7, 11) is 0. The van der Waals surface area contributed by atoms with Crippen molar-refractivity contribution in [1.29, 1.82) is 5.26 Å². The Morgan fingerprint density at radius 1 is 1.30 bits per heavy atom. The van der Waals surface area contributed by atoms with Crippen LogP contribution in [-0.4, -0.2) is 21.6 Å². The van der Waals surface area contributed by atoms with Crippen molar-refractivity contribution < 1.29 is 9.18 Å². The van der Waals surface area contributed by atoms with Gasteiger partial charge in [-0.1, -0.05) is 26.0 Å². The molecule has 0 unspecified atom stereocenters. The molecule has 156 valence electrons. The Balaban J connectivity index is 0.00000124. The first kappa shape index (κ1) is 21.5. The van der Waals surface area contributed by atoms with Crippen LogP contribution in [0.25, 0.3) is 16.6 Å². The van der Waals surface area contributed by atoms with Crippen LogP contribution in [0.2, 0.25) is 0 Å². The molecule has 2 heterocycles. The summed E-state index contributed by atoms with van der Waals surface area (Å²) in [6, 6.07) is 9.44. The number of amides is 1. The lowest BCUT2D eigenvalue weighted by Gasteiger charge is -2.15. The summed E-state index contributed by atoms with van der Waals surface area (Å²) in [6.07, 6.45) is 5.41. The van der Waals surface area contributed by atoms with Crippen LogP contribution < -0.4 is 5.32 Å². The van der Waals surface area contributed by atoms with Crippen LogP contribution in [0.5, 0.6) is 0 Å². The number of rotatable bonds is 4. The molecule has 0 saturated heterocycles. The highest BCUT2D eigenvalue weighted by atomic mass is 19.1. The molecule has 1 aliphatic carbocycles. The number of carbonyl (C=O) groups is 1. The fourth-order valence-corrected chi connectivity index (χ4v) is 3.31. The molecule has 1 fully saturated rings. The summed E-state index contributed by atoms with van der Waals surface area (Å²) in [4.78, 5) is 12.3. The third-order valence-electron chi connectivity index (χ3n) is 5.26. The number of carbonyl (C=O) groups excluding carboxylic acids is 1.